The maximum absolute atomic E-state index is 5.32. The Labute approximate surface area is 120 Å². The summed E-state index contributed by atoms with van der Waals surface area (Å²) in [4.78, 5) is 4.94. The second kappa shape index (κ2) is 5.09. The van der Waals surface area contributed by atoms with Gasteiger partial charge in [0.05, 0.1) is 23.7 Å². The third-order valence-corrected chi connectivity index (χ3v) is 4.55. The van der Waals surface area contributed by atoms with Gasteiger partial charge in [0.1, 0.15) is 11.6 Å². The highest BCUT2D eigenvalue weighted by molar-refractivity contribution is 5.78. The Balaban J connectivity index is 2.19. The van der Waals surface area contributed by atoms with Crippen LogP contribution in [-0.2, 0) is 12.1 Å². The number of hydrogen-bond acceptors (Lipinski definition) is 3. The zero-order valence-corrected chi connectivity index (χ0v) is 12.6. The number of imidazole rings is 1. The first-order chi connectivity index (χ1) is 9.74. The highest BCUT2D eigenvalue weighted by atomic mass is 16.5. The average molecular weight is 273 g/mol. The maximum atomic E-state index is 5.32. The quantitative estimate of drug-likeness (QED) is 0.930. The van der Waals surface area contributed by atoms with Crippen LogP contribution in [0.3, 0.4) is 0 Å². The van der Waals surface area contributed by atoms with E-state index in [2.05, 4.69) is 29.8 Å². The van der Waals surface area contributed by atoms with Gasteiger partial charge < -0.3 is 14.6 Å². The van der Waals surface area contributed by atoms with E-state index >= 15 is 0 Å². The van der Waals surface area contributed by atoms with E-state index in [1.165, 1.54) is 24.2 Å². The van der Waals surface area contributed by atoms with Crippen molar-refractivity contribution in [2.24, 2.45) is 0 Å². The third kappa shape index (κ3) is 1.90. The molecule has 4 nitrogen and oxygen atoms in total. The lowest BCUT2D eigenvalue weighted by Gasteiger charge is -2.28. The largest absolute Gasteiger partial charge is 0.497 e. The Bertz CT molecular complexity index is 611. The van der Waals surface area contributed by atoms with E-state index in [-0.39, 0.29) is 5.54 Å². The molecule has 0 aliphatic carbocycles. The van der Waals surface area contributed by atoms with Crippen LogP contribution in [-0.4, -0.2) is 23.2 Å². The Morgan fingerprint density at radius 1 is 1.40 bits per heavy atom. The van der Waals surface area contributed by atoms with E-state index in [1.807, 2.05) is 12.1 Å². The SMILES string of the molecule is CCn1c(C2(CC)CCCN2)nc2cc(OC)ccc21. The smallest absolute Gasteiger partial charge is 0.130 e. The molecule has 2 aromatic rings. The van der Waals surface area contributed by atoms with E-state index in [4.69, 9.17) is 9.72 Å². The molecule has 3 rings (SSSR count). The monoisotopic (exact) mass is 273 g/mol. The van der Waals surface area contributed by atoms with Crippen LogP contribution in [0.1, 0.15) is 38.9 Å². The topological polar surface area (TPSA) is 39.1 Å². The van der Waals surface area contributed by atoms with Gasteiger partial charge in [-0.15, -0.1) is 0 Å². The molecule has 0 spiro atoms. The summed E-state index contributed by atoms with van der Waals surface area (Å²) in [5.41, 5.74) is 2.27. The first kappa shape index (κ1) is 13.4. The lowest BCUT2D eigenvalue weighted by atomic mass is 9.93. The second-order valence-corrected chi connectivity index (χ2v) is 5.50. The average Bonchev–Trinajstić information content (AvgIpc) is 3.11. The minimum absolute atomic E-state index is 0.0439. The molecule has 1 unspecified atom stereocenters. The molecule has 1 saturated heterocycles. The number of hydrogen-bond donors (Lipinski definition) is 1. The van der Waals surface area contributed by atoms with Crippen molar-refractivity contribution < 1.29 is 4.74 Å². The fourth-order valence-corrected chi connectivity index (χ4v) is 3.38. The first-order valence-corrected chi connectivity index (χ1v) is 7.54. The van der Waals surface area contributed by atoms with Gasteiger partial charge in [-0.3, -0.25) is 0 Å². The van der Waals surface area contributed by atoms with Crippen LogP contribution < -0.4 is 10.1 Å². The van der Waals surface area contributed by atoms with Crippen LogP contribution in [0.2, 0.25) is 0 Å². The molecule has 2 heterocycles. The highest BCUT2D eigenvalue weighted by Gasteiger charge is 2.37. The fraction of sp³-hybridized carbons (Fsp3) is 0.562. The summed E-state index contributed by atoms with van der Waals surface area (Å²) in [6, 6.07) is 6.16. The molecule has 1 N–H and O–H groups in total. The maximum Gasteiger partial charge on any atom is 0.130 e. The Morgan fingerprint density at radius 3 is 2.85 bits per heavy atom. The summed E-state index contributed by atoms with van der Waals surface area (Å²) in [5.74, 6) is 2.05. The van der Waals surface area contributed by atoms with E-state index in [1.54, 1.807) is 7.11 Å². The van der Waals surface area contributed by atoms with Crippen molar-refractivity contribution in [3.8, 4) is 5.75 Å². The van der Waals surface area contributed by atoms with Crippen LogP contribution in [0.25, 0.3) is 11.0 Å². The van der Waals surface area contributed by atoms with Gasteiger partial charge in [-0.2, -0.15) is 0 Å². The van der Waals surface area contributed by atoms with Crippen LogP contribution >= 0.6 is 0 Å². The number of rotatable bonds is 4. The molecule has 20 heavy (non-hydrogen) atoms. The molecular weight excluding hydrogens is 250 g/mol. The van der Waals surface area contributed by atoms with Gasteiger partial charge in [0.2, 0.25) is 0 Å². The summed E-state index contributed by atoms with van der Waals surface area (Å²) in [6.07, 6.45) is 3.47. The molecule has 0 amide bonds. The number of fused-ring (bicyclic) bond motifs is 1. The van der Waals surface area contributed by atoms with Crippen molar-refractivity contribution >= 4 is 11.0 Å². The third-order valence-electron chi connectivity index (χ3n) is 4.55. The van der Waals surface area contributed by atoms with Gasteiger partial charge in [-0.25, -0.2) is 4.98 Å². The normalized spacial score (nSPS) is 22.6. The molecule has 108 valence electrons. The molecule has 1 aromatic heterocycles. The molecule has 1 fully saturated rings. The van der Waals surface area contributed by atoms with Crippen molar-refractivity contribution in [3.05, 3.63) is 24.0 Å². The van der Waals surface area contributed by atoms with Crippen molar-refractivity contribution in [1.29, 1.82) is 0 Å². The van der Waals surface area contributed by atoms with Crippen molar-refractivity contribution in [2.45, 2.75) is 45.2 Å². The Kier molecular flexibility index (Phi) is 3.42. The van der Waals surface area contributed by atoms with E-state index in [0.717, 1.165) is 30.8 Å². The summed E-state index contributed by atoms with van der Waals surface area (Å²) < 4.78 is 7.66. The zero-order chi connectivity index (χ0) is 14.2. The van der Waals surface area contributed by atoms with E-state index in [9.17, 15) is 0 Å². The number of ether oxygens (including phenoxy) is 1. The number of nitrogens with zero attached hydrogens (tertiary/aromatic N) is 2. The minimum Gasteiger partial charge on any atom is -0.497 e. The van der Waals surface area contributed by atoms with Crippen LogP contribution in [0.4, 0.5) is 0 Å². The molecule has 0 bridgehead atoms. The first-order valence-electron chi connectivity index (χ1n) is 7.54. The van der Waals surface area contributed by atoms with Gasteiger partial charge in [-0.05, 0) is 44.9 Å². The number of aryl methyl sites for hydroxylation is 1. The van der Waals surface area contributed by atoms with Crippen molar-refractivity contribution in [3.63, 3.8) is 0 Å². The van der Waals surface area contributed by atoms with Gasteiger partial charge in [0.25, 0.3) is 0 Å². The summed E-state index contributed by atoms with van der Waals surface area (Å²) in [5, 5.41) is 3.69. The van der Waals surface area contributed by atoms with Crippen LogP contribution in [0, 0.1) is 0 Å². The van der Waals surface area contributed by atoms with E-state index in [0.29, 0.717) is 0 Å². The van der Waals surface area contributed by atoms with Gasteiger partial charge >= 0.3 is 0 Å². The van der Waals surface area contributed by atoms with Crippen LogP contribution in [0.15, 0.2) is 18.2 Å². The van der Waals surface area contributed by atoms with Crippen molar-refractivity contribution in [1.82, 2.24) is 14.9 Å². The predicted octanol–water partition coefficient (Wildman–Crippen LogP) is 3.05. The minimum atomic E-state index is 0.0439. The summed E-state index contributed by atoms with van der Waals surface area (Å²) in [7, 11) is 1.70. The zero-order valence-electron chi connectivity index (χ0n) is 12.6. The molecular formula is C16H23N3O. The summed E-state index contributed by atoms with van der Waals surface area (Å²) in [6.45, 7) is 6.47. The fourth-order valence-electron chi connectivity index (χ4n) is 3.38. The lowest BCUT2D eigenvalue weighted by molar-refractivity contribution is 0.341. The highest BCUT2D eigenvalue weighted by Crippen LogP contribution is 2.35. The standard InChI is InChI=1S/C16H23N3O/c1-4-16(9-6-10-17-16)15-18-13-11-12(20-3)7-8-14(13)19(15)5-2/h7-8,11,17H,4-6,9-10H2,1-3H3. The Morgan fingerprint density at radius 2 is 2.25 bits per heavy atom. The number of benzene rings is 1. The van der Waals surface area contributed by atoms with Gasteiger partial charge in [0, 0.05) is 12.6 Å². The molecule has 0 radical (unpaired) electrons. The lowest BCUT2D eigenvalue weighted by Crippen LogP contribution is -2.38. The predicted molar refractivity (Wildman–Crippen MR) is 81.2 cm³/mol. The van der Waals surface area contributed by atoms with Crippen LogP contribution in [0.5, 0.6) is 5.75 Å². The van der Waals surface area contributed by atoms with Gasteiger partial charge in [-0.1, -0.05) is 6.92 Å². The van der Waals surface area contributed by atoms with Crippen molar-refractivity contribution in [2.75, 3.05) is 13.7 Å². The molecule has 1 aliphatic rings. The Hall–Kier alpha value is -1.55. The number of methoxy groups -OCH3 is 1. The van der Waals surface area contributed by atoms with E-state index < -0.39 is 0 Å². The second-order valence-electron chi connectivity index (χ2n) is 5.50. The van der Waals surface area contributed by atoms with Gasteiger partial charge in [0.15, 0.2) is 0 Å². The number of aromatic nitrogens is 2. The molecule has 1 atom stereocenters. The number of nitrogens with one attached hydrogen (secondary N) is 1. The molecule has 4 heteroatoms. The molecule has 1 aromatic carbocycles. The summed E-state index contributed by atoms with van der Waals surface area (Å²) >= 11 is 0. The molecule has 0 saturated carbocycles. The molecule has 1 aliphatic heterocycles.